The molecule has 5 heteroatoms. The topological polar surface area (TPSA) is 51.1 Å². The van der Waals surface area contributed by atoms with Crippen molar-refractivity contribution in [3.05, 3.63) is 71.3 Å². The molecule has 0 spiro atoms. The summed E-state index contributed by atoms with van der Waals surface area (Å²) in [6, 6.07) is 10.1. The largest absolute Gasteiger partial charge is 0.478 e. The van der Waals surface area contributed by atoms with Gasteiger partial charge in [0.1, 0.15) is 12.5 Å². The fourth-order valence-corrected chi connectivity index (χ4v) is 3.16. The second-order valence-corrected chi connectivity index (χ2v) is 6.68. The lowest BCUT2D eigenvalue weighted by Crippen LogP contribution is -2.34. The monoisotopic (exact) mass is 346 g/mol. The zero-order chi connectivity index (χ0) is 17.9. The van der Waals surface area contributed by atoms with Gasteiger partial charge in [0, 0.05) is 49.2 Å². The minimum atomic E-state index is 0.577. The van der Waals surface area contributed by atoms with E-state index in [4.69, 9.17) is 9.72 Å². The third-order valence-corrected chi connectivity index (χ3v) is 4.89. The molecule has 132 valence electrons. The molecule has 0 atom stereocenters. The Morgan fingerprint density at radius 1 is 1.12 bits per heavy atom. The summed E-state index contributed by atoms with van der Waals surface area (Å²) in [5.74, 6) is 1.70. The lowest BCUT2D eigenvalue weighted by Gasteiger charge is -2.28. The number of pyridine rings is 1. The maximum absolute atomic E-state index is 6.04. The molecule has 5 nitrogen and oxygen atoms in total. The summed E-state index contributed by atoms with van der Waals surface area (Å²) in [4.78, 5) is 15.7. The summed E-state index contributed by atoms with van der Waals surface area (Å²) in [7, 11) is 0. The van der Waals surface area contributed by atoms with E-state index in [1.165, 1.54) is 16.7 Å². The van der Waals surface area contributed by atoms with Gasteiger partial charge in [-0.3, -0.25) is 9.88 Å². The van der Waals surface area contributed by atoms with Crippen molar-refractivity contribution in [1.29, 1.82) is 0 Å². The van der Waals surface area contributed by atoms with Crippen LogP contribution >= 0.6 is 0 Å². The van der Waals surface area contributed by atoms with E-state index in [-0.39, 0.29) is 0 Å². The normalized spacial score (nSPS) is 14.1. The Balaban J connectivity index is 1.44. The maximum atomic E-state index is 6.04. The number of fused-ring (bicyclic) bond motifs is 1. The van der Waals surface area contributed by atoms with Crippen LogP contribution in [-0.4, -0.2) is 33.1 Å². The fraction of sp³-hybridized carbons (Fsp3) is 0.286. The Morgan fingerprint density at radius 3 is 2.88 bits per heavy atom. The van der Waals surface area contributed by atoms with Gasteiger partial charge in [0.15, 0.2) is 5.82 Å². The average Bonchev–Trinajstić information content (AvgIpc) is 2.69. The third-order valence-electron chi connectivity index (χ3n) is 4.89. The predicted molar refractivity (Wildman–Crippen MR) is 101 cm³/mol. The Morgan fingerprint density at radius 2 is 2.04 bits per heavy atom. The highest BCUT2D eigenvalue weighted by molar-refractivity contribution is 5.53. The van der Waals surface area contributed by atoms with Crippen molar-refractivity contribution in [1.82, 2.24) is 19.9 Å². The number of aryl methyl sites for hydroxylation is 1. The van der Waals surface area contributed by atoms with Crippen LogP contribution in [0.2, 0.25) is 0 Å². The van der Waals surface area contributed by atoms with Gasteiger partial charge in [-0.25, -0.2) is 9.97 Å². The van der Waals surface area contributed by atoms with E-state index in [0.29, 0.717) is 6.73 Å². The summed E-state index contributed by atoms with van der Waals surface area (Å²) >= 11 is 0. The maximum Gasteiger partial charge on any atom is 0.160 e. The Hall–Kier alpha value is -2.79. The van der Waals surface area contributed by atoms with Crippen molar-refractivity contribution in [3.8, 4) is 17.1 Å². The number of aromatic nitrogens is 3. The van der Waals surface area contributed by atoms with Crippen LogP contribution in [0.5, 0.6) is 5.75 Å². The number of rotatable bonds is 4. The van der Waals surface area contributed by atoms with E-state index in [0.717, 1.165) is 42.3 Å². The van der Waals surface area contributed by atoms with Crippen LogP contribution in [0, 0.1) is 13.8 Å². The van der Waals surface area contributed by atoms with Crippen LogP contribution in [-0.2, 0) is 13.0 Å². The number of hydrogen-bond donors (Lipinski definition) is 0. The molecule has 1 aliphatic heterocycles. The summed E-state index contributed by atoms with van der Waals surface area (Å²) < 4.78 is 6.04. The zero-order valence-electron chi connectivity index (χ0n) is 15.1. The van der Waals surface area contributed by atoms with Crippen molar-refractivity contribution in [2.24, 2.45) is 0 Å². The van der Waals surface area contributed by atoms with E-state index < -0.39 is 0 Å². The molecule has 0 saturated carbocycles. The molecule has 0 unspecified atom stereocenters. The Bertz CT molecular complexity index is 911. The number of benzene rings is 1. The van der Waals surface area contributed by atoms with E-state index >= 15 is 0 Å². The molecule has 0 aliphatic carbocycles. The molecule has 0 saturated heterocycles. The highest BCUT2D eigenvalue weighted by Crippen LogP contribution is 2.23. The second kappa shape index (κ2) is 7.22. The summed E-state index contributed by atoms with van der Waals surface area (Å²) in [5.41, 5.74) is 5.71. The highest BCUT2D eigenvalue weighted by atomic mass is 16.5. The van der Waals surface area contributed by atoms with Crippen molar-refractivity contribution < 1.29 is 4.74 Å². The minimum absolute atomic E-state index is 0.577. The van der Waals surface area contributed by atoms with Gasteiger partial charge in [-0.05, 0) is 43.2 Å². The molecule has 3 heterocycles. The minimum Gasteiger partial charge on any atom is -0.478 e. The van der Waals surface area contributed by atoms with E-state index in [9.17, 15) is 0 Å². The SMILES string of the molecule is Cc1cccc(OCN2CCc3nc(-c4cccnc4)ncc3C2)c1C. The van der Waals surface area contributed by atoms with Gasteiger partial charge >= 0.3 is 0 Å². The molecule has 0 bridgehead atoms. The highest BCUT2D eigenvalue weighted by Gasteiger charge is 2.19. The number of ether oxygens (including phenoxy) is 1. The molecule has 1 aliphatic rings. The second-order valence-electron chi connectivity index (χ2n) is 6.68. The first kappa shape index (κ1) is 16.7. The van der Waals surface area contributed by atoms with Crippen LogP contribution in [0.3, 0.4) is 0 Å². The molecular weight excluding hydrogens is 324 g/mol. The molecule has 3 aromatic rings. The predicted octanol–water partition coefficient (Wildman–Crippen LogP) is 3.55. The summed E-state index contributed by atoms with van der Waals surface area (Å²) in [6.45, 7) is 6.53. The Kier molecular flexibility index (Phi) is 4.63. The molecule has 0 fully saturated rings. The van der Waals surface area contributed by atoms with Gasteiger partial charge in [0.25, 0.3) is 0 Å². The Labute approximate surface area is 153 Å². The standard InChI is InChI=1S/C21H22N4O/c1-15-5-3-7-20(16(15)2)26-14-25-10-8-19-18(13-25)12-23-21(24-19)17-6-4-9-22-11-17/h3-7,9,11-12H,8,10,13-14H2,1-2H3. The van der Waals surface area contributed by atoms with Gasteiger partial charge in [-0.1, -0.05) is 12.1 Å². The first-order chi connectivity index (χ1) is 12.7. The molecule has 26 heavy (non-hydrogen) atoms. The quantitative estimate of drug-likeness (QED) is 0.723. The van der Waals surface area contributed by atoms with Gasteiger partial charge in [0.05, 0.1) is 5.69 Å². The first-order valence-electron chi connectivity index (χ1n) is 8.87. The van der Waals surface area contributed by atoms with Crippen LogP contribution in [0.25, 0.3) is 11.4 Å². The number of nitrogens with zero attached hydrogens (tertiary/aromatic N) is 4. The van der Waals surface area contributed by atoms with Gasteiger partial charge in [0.2, 0.25) is 0 Å². The first-order valence-corrected chi connectivity index (χ1v) is 8.87. The number of hydrogen-bond acceptors (Lipinski definition) is 5. The summed E-state index contributed by atoms with van der Waals surface area (Å²) in [5, 5.41) is 0. The van der Waals surface area contributed by atoms with Crippen molar-refractivity contribution >= 4 is 0 Å². The van der Waals surface area contributed by atoms with Gasteiger partial charge in [-0.15, -0.1) is 0 Å². The lowest BCUT2D eigenvalue weighted by molar-refractivity contribution is 0.112. The van der Waals surface area contributed by atoms with E-state index in [2.05, 4.69) is 34.8 Å². The van der Waals surface area contributed by atoms with Crippen molar-refractivity contribution in [2.75, 3.05) is 13.3 Å². The van der Waals surface area contributed by atoms with Crippen LogP contribution in [0.1, 0.15) is 22.4 Å². The molecular formula is C21H22N4O. The molecule has 0 N–H and O–H groups in total. The third kappa shape index (κ3) is 3.44. The lowest BCUT2D eigenvalue weighted by atomic mass is 10.1. The molecule has 2 aromatic heterocycles. The fourth-order valence-electron chi connectivity index (χ4n) is 3.16. The van der Waals surface area contributed by atoms with Crippen LogP contribution in [0.15, 0.2) is 48.9 Å². The molecule has 4 rings (SSSR count). The summed E-state index contributed by atoms with van der Waals surface area (Å²) in [6.07, 6.45) is 6.40. The van der Waals surface area contributed by atoms with E-state index in [1.54, 1.807) is 12.4 Å². The van der Waals surface area contributed by atoms with Crippen molar-refractivity contribution in [3.63, 3.8) is 0 Å². The smallest absolute Gasteiger partial charge is 0.160 e. The molecule has 1 aromatic carbocycles. The van der Waals surface area contributed by atoms with Crippen LogP contribution in [0.4, 0.5) is 0 Å². The zero-order valence-corrected chi connectivity index (χ0v) is 15.1. The van der Waals surface area contributed by atoms with Gasteiger partial charge in [-0.2, -0.15) is 0 Å². The molecule has 0 radical (unpaired) electrons. The van der Waals surface area contributed by atoms with Gasteiger partial charge < -0.3 is 4.74 Å². The van der Waals surface area contributed by atoms with Crippen molar-refractivity contribution in [2.45, 2.75) is 26.8 Å². The van der Waals surface area contributed by atoms with Crippen LogP contribution < -0.4 is 4.74 Å². The average molecular weight is 346 g/mol. The molecule has 0 amide bonds. The van der Waals surface area contributed by atoms with E-state index in [1.807, 2.05) is 30.5 Å².